The van der Waals surface area contributed by atoms with E-state index in [1.165, 1.54) is 11.3 Å². The van der Waals surface area contributed by atoms with E-state index in [-0.39, 0.29) is 5.91 Å². The molecular formula is C16H21N5O2S. The van der Waals surface area contributed by atoms with Crippen LogP contribution in [0.25, 0.3) is 0 Å². The van der Waals surface area contributed by atoms with Crippen molar-refractivity contribution in [3.05, 3.63) is 28.9 Å². The number of aliphatic hydroxyl groups is 1. The monoisotopic (exact) mass is 347 g/mol. The number of likely N-dealkylation sites (tertiary alicyclic amines) is 1. The molecule has 3 rings (SSSR count). The highest BCUT2D eigenvalue weighted by molar-refractivity contribution is 7.15. The number of carbonyl (C=O) groups excluding carboxylic acids is 1. The fourth-order valence-corrected chi connectivity index (χ4v) is 3.52. The molecule has 2 aromatic rings. The highest BCUT2D eigenvalue weighted by Crippen LogP contribution is 2.28. The summed E-state index contributed by atoms with van der Waals surface area (Å²) in [6, 6.07) is 5.93. The van der Waals surface area contributed by atoms with E-state index in [1.54, 1.807) is 4.90 Å². The van der Waals surface area contributed by atoms with Gasteiger partial charge in [0.2, 0.25) is 11.0 Å². The zero-order chi connectivity index (χ0) is 16.9. The standard InChI is InChI=1S/C16H21N5O2S/c1-2-14-19-20-16(24-14)18-13-5-3-4-12(17-13)11-6-8-21(9-7-11)15(23)10-22/h3-5,11,22H,2,6-10H2,1H3,(H,17,18,20). The van der Waals surface area contributed by atoms with Crippen molar-refractivity contribution in [3.8, 4) is 0 Å². The second kappa shape index (κ2) is 7.67. The number of anilines is 2. The summed E-state index contributed by atoms with van der Waals surface area (Å²) in [5.41, 5.74) is 1.02. The summed E-state index contributed by atoms with van der Waals surface area (Å²) >= 11 is 1.53. The molecule has 1 fully saturated rings. The van der Waals surface area contributed by atoms with Crippen LogP contribution in [0.2, 0.25) is 0 Å². The number of hydrogen-bond acceptors (Lipinski definition) is 7. The van der Waals surface area contributed by atoms with Crippen molar-refractivity contribution in [2.24, 2.45) is 0 Å². The van der Waals surface area contributed by atoms with Crippen LogP contribution in [-0.4, -0.2) is 50.8 Å². The Hall–Kier alpha value is -2.06. The molecule has 1 saturated heterocycles. The number of nitrogens with zero attached hydrogens (tertiary/aromatic N) is 4. The average Bonchev–Trinajstić information content (AvgIpc) is 3.09. The first-order chi connectivity index (χ1) is 11.7. The van der Waals surface area contributed by atoms with Gasteiger partial charge in [-0.25, -0.2) is 4.98 Å². The minimum Gasteiger partial charge on any atom is -0.387 e. The van der Waals surface area contributed by atoms with Gasteiger partial charge in [-0.05, 0) is 31.4 Å². The molecule has 8 heteroatoms. The van der Waals surface area contributed by atoms with E-state index < -0.39 is 6.61 Å². The van der Waals surface area contributed by atoms with Gasteiger partial charge in [0.1, 0.15) is 17.4 Å². The quantitative estimate of drug-likeness (QED) is 0.859. The molecule has 0 bridgehead atoms. The summed E-state index contributed by atoms with van der Waals surface area (Å²) in [6.07, 6.45) is 2.60. The number of carbonyl (C=O) groups is 1. The van der Waals surface area contributed by atoms with Crippen molar-refractivity contribution >= 4 is 28.2 Å². The molecule has 1 aliphatic rings. The highest BCUT2D eigenvalue weighted by atomic mass is 32.1. The lowest BCUT2D eigenvalue weighted by molar-refractivity contribution is -0.135. The van der Waals surface area contributed by atoms with Gasteiger partial charge in [-0.15, -0.1) is 10.2 Å². The summed E-state index contributed by atoms with van der Waals surface area (Å²) in [5, 5.41) is 22.1. The minimum atomic E-state index is -0.413. The smallest absolute Gasteiger partial charge is 0.248 e. The van der Waals surface area contributed by atoms with Gasteiger partial charge in [0.15, 0.2) is 0 Å². The van der Waals surface area contributed by atoms with E-state index in [9.17, 15) is 4.79 Å². The van der Waals surface area contributed by atoms with Crippen LogP contribution in [0.3, 0.4) is 0 Å². The molecule has 2 N–H and O–H groups in total. The maximum Gasteiger partial charge on any atom is 0.248 e. The molecule has 0 radical (unpaired) electrons. The van der Waals surface area contributed by atoms with Crippen LogP contribution >= 0.6 is 11.3 Å². The molecule has 0 atom stereocenters. The molecular weight excluding hydrogens is 326 g/mol. The summed E-state index contributed by atoms with van der Waals surface area (Å²) < 4.78 is 0. The highest BCUT2D eigenvalue weighted by Gasteiger charge is 2.24. The first kappa shape index (κ1) is 16.8. The molecule has 0 aromatic carbocycles. The van der Waals surface area contributed by atoms with E-state index in [4.69, 9.17) is 10.1 Å². The fraction of sp³-hybridized carbons (Fsp3) is 0.500. The van der Waals surface area contributed by atoms with Gasteiger partial charge < -0.3 is 15.3 Å². The van der Waals surface area contributed by atoms with Gasteiger partial charge in [-0.1, -0.05) is 24.3 Å². The number of hydrogen-bond donors (Lipinski definition) is 2. The van der Waals surface area contributed by atoms with Gasteiger partial charge in [0.25, 0.3) is 0 Å². The number of nitrogens with one attached hydrogen (secondary N) is 1. The number of amides is 1. The molecule has 3 heterocycles. The predicted octanol–water partition coefficient (Wildman–Crippen LogP) is 1.94. The van der Waals surface area contributed by atoms with E-state index in [0.717, 1.165) is 40.9 Å². The number of aryl methyl sites for hydroxylation is 1. The maximum atomic E-state index is 11.5. The van der Waals surface area contributed by atoms with Gasteiger partial charge in [-0.3, -0.25) is 4.79 Å². The molecule has 128 valence electrons. The predicted molar refractivity (Wildman–Crippen MR) is 92.4 cm³/mol. The average molecular weight is 347 g/mol. The molecule has 2 aromatic heterocycles. The van der Waals surface area contributed by atoms with Crippen molar-refractivity contribution < 1.29 is 9.90 Å². The second-order valence-electron chi connectivity index (χ2n) is 5.74. The zero-order valence-electron chi connectivity index (χ0n) is 13.6. The third kappa shape index (κ3) is 3.88. The second-order valence-corrected chi connectivity index (χ2v) is 6.80. The van der Waals surface area contributed by atoms with Gasteiger partial charge in [0, 0.05) is 24.7 Å². The Kier molecular flexibility index (Phi) is 5.37. The minimum absolute atomic E-state index is 0.195. The largest absolute Gasteiger partial charge is 0.387 e. The zero-order valence-corrected chi connectivity index (χ0v) is 14.4. The van der Waals surface area contributed by atoms with Crippen LogP contribution < -0.4 is 5.32 Å². The molecule has 1 amide bonds. The topological polar surface area (TPSA) is 91.2 Å². The summed E-state index contributed by atoms with van der Waals surface area (Å²) in [4.78, 5) is 17.9. The number of piperidine rings is 1. The molecule has 0 unspecified atom stereocenters. The third-order valence-electron chi connectivity index (χ3n) is 4.18. The van der Waals surface area contributed by atoms with E-state index >= 15 is 0 Å². The molecule has 7 nitrogen and oxygen atoms in total. The summed E-state index contributed by atoms with van der Waals surface area (Å²) in [7, 11) is 0. The Bertz CT molecular complexity index is 697. The molecule has 24 heavy (non-hydrogen) atoms. The van der Waals surface area contributed by atoms with Crippen molar-refractivity contribution in [2.45, 2.75) is 32.1 Å². The van der Waals surface area contributed by atoms with Crippen molar-refractivity contribution in [2.75, 3.05) is 25.0 Å². The van der Waals surface area contributed by atoms with Crippen molar-refractivity contribution in [3.63, 3.8) is 0 Å². The Labute approximate surface area is 144 Å². The Morgan fingerprint density at radius 3 is 2.83 bits per heavy atom. The first-order valence-electron chi connectivity index (χ1n) is 8.14. The Balaban J connectivity index is 1.64. The normalized spacial score (nSPS) is 15.5. The lowest BCUT2D eigenvalue weighted by atomic mass is 9.93. The van der Waals surface area contributed by atoms with E-state index in [1.807, 2.05) is 18.2 Å². The van der Waals surface area contributed by atoms with E-state index in [2.05, 4.69) is 22.4 Å². The van der Waals surface area contributed by atoms with Gasteiger partial charge in [-0.2, -0.15) is 0 Å². The number of aliphatic hydroxyl groups excluding tert-OH is 1. The van der Waals surface area contributed by atoms with Crippen LogP contribution in [0.4, 0.5) is 10.9 Å². The number of rotatable bonds is 5. The van der Waals surface area contributed by atoms with Crippen LogP contribution in [0.5, 0.6) is 0 Å². The summed E-state index contributed by atoms with van der Waals surface area (Å²) in [6.45, 7) is 2.97. The van der Waals surface area contributed by atoms with E-state index in [0.29, 0.717) is 19.0 Å². The molecule has 0 spiro atoms. The van der Waals surface area contributed by atoms with Gasteiger partial charge >= 0.3 is 0 Å². The van der Waals surface area contributed by atoms with Crippen LogP contribution in [0.1, 0.15) is 36.4 Å². The van der Waals surface area contributed by atoms with Crippen LogP contribution in [0, 0.1) is 0 Å². The van der Waals surface area contributed by atoms with Crippen molar-refractivity contribution in [1.82, 2.24) is 20.1 Å². The fourth-order valence-electron chi connectivity index (χ4n) is 2.83. The molecule has 0 aliphatic carbocycles. The first-order valence-corrected chi connectivity index (χ1v) is 8.96. The Morgan fingerprint density at radius 1 is 1.38 bits per heavy atom. The van der Waals surface area contributed by atoms with Crippen LogP contribution in [-0.2, 0) is 11.2 Å². The third-order valence-corrected chi connectivity index (χ3v) is 5.16. The SMILES string of the molecule is CCc1nnc(Nc2cccc(C3CCN(C(=O)CO)CC3)n2)s1. The maximum absolute atomic E-state index is 11.5. The number of pyridine rings is 1. The number of aromatic nitrogens is 3. The Morgan fingerprint density at radius 2 is 2.17 bits per heavy atom. The lowest BCUT2D eigenvalue weighted by Crippen LogP contribution is -2.39. The molecule has 1 aliphatic heterocycles. The summed E-state index contributed by atoms with van der Waals surface area (Å²) in [5.74, 6) is 0.898. The van der Waals surface area contributed by atoms with Crippen LogP contribution in [0.15, 0.2) is 18.2 Å². The molecule has 0 saturated carbocycles. The van der Waals surface area contributed by atoms with Crippen molar-refractivity contribution in [1.29, 1.82) is 0 Å². The van der Waals surface area contributed by atoms with Gasteiger partial charge in [0.05, 0.1) is 0 Å². The lowest BCUT2D eigenvalue weighted by Gasteiger charge is -2.31.